The Hall–Kier alpha value is -3.07. The summed E-state index contributed by atoms with van der Waals surface area (Å²) in [6.45, 7) is 5.56. The molecule has 2 amide bonds. The van der Waals surface area contributed by atoms with Gasteiger partial charge in [-0.1, -0.05) is 16.6 Å². The molecule has 0 bridgehead atoms. The Labute approximate surface area is 171 Å². The highest BCUT2D eigenvalue weighted by Gasteiger charge is 2.35. The largest absolute Gasteiger partial charge is 0.467 e. The molecule has 7 nitrogen and oxygen atoms in total. The van der Waals surface area contributed by atoms with E-state index in [-0.39, 0.29) is 12.2 Å². The van der Waals surface area contributed by atoms with Crippen molar-refractivity contribution in [2.45, 2.75) is 38.9 Å². The van der Waals surface area contributed by atoms with Crippen LogP contribution in [0.5, 0.6) is 0 Å². The van der Waals surface area contributed by atoms with Crippen LogP contribution in [0.2, 0.25) is 0 Å². The molecule has 0 saturated carbocycles. The number of furan rings is 1. The number of hydrogen-bond acceptors (Lipinski definition) is 6. The summed E-state index contributed by atoms with van der Waals surface area (Å²) in [6, 6.07) is 7.88. The van der Waals surface area contributed by atoms with E-state index < -0.39 is 29.2 Å². The molecule has 0 aliphatic heterocycles. The van der Waals surface area contributed by atoms with Gasteiger partial charge in [0.15, 0.2) is 5.69 Å². The van der Waals surface area contributed by atoms with Crippen molar-refractivity contribution in [3.63, 3.8) is 0 Å². The van der Waals surface area contributed by atoms with E-state index in [4.69, 9.17) is 4.42 Å². The number of nitrogens with one attached hydrogen (secondary N) is 1. The van der Waals surface area contributed by atoms with Gasteiger partial charge in [0.05, 0.1) is 12.8 Å². The second-order valence-electron chi connectivity index (χ2n) is 7.50. The lowest BCUT2D eigenvalue weighted by Gasteiger charge is -2.32. The number of amides is 2. The minimum atomic E-state index is -1.02. The average molecular weight is 416 g/mol. The average Bonchev–Trinajstić information content (AvgIpc) is 3.34. The Morgan fingerprint density at radius 2 is 1.97 bits per heavy atom. The summed E-state index contributed by atoms with van der Waals surface area (Å²) in [5, 5.41) is 8.26. The van der Waals surface area contributed by atoms with Crippen LogP contribution in [-0.2, 0) is 11.3 Å². The molecule has 0 radical (unpaired) electrons. The molecule has 9 heteroatoms. The van der Waals surface area contributed by atoms with Crippen molar-refractivity contribution in [3.05, 3.63) is 70.9 Å². The first kappa shape index (κ1) is 20.7. The molecule has 1 atom stereocenters. The van der Waals surface area contributed by atoms with Gasteiger partial charge >= 0.3 is 0 Å². The summed E-state index contributed by atoms with van der Waals surface area (Å²) in [4.78, 5) is 27.8. The maximum absolute atomic E-state index is 13.5. The first-order valence-corrected chi connectivity index (χ1v) is 9.76. The molecule has 3 aromatic rings. The highest BCUT2D eigenvalue weighted by atomic mass is 32.1. The summed E-state index contributed by atoms with van der Waals surface area (Å²) in [7, 11) is 0. The molecule has 0 fully saturated rings. The van der Waals surface area contributed by atoms with E-state index in [1.54, 1.807) is 12.1 Å². The van der Waals surface area contributed by atoms with Gasteiger partial charge in [-0.3, -0.25) is 9.59 Å². The van der Waals surface area contributed by atoms with Crippen LogP contribution in [0, 0.1) is 5.82 Å². The minimum Gasteiger partial charge on any atom is -0.467 e. The number of benzene rings is 1. The highest BCUT2D eigenvalue weighted by Crippen LogP contribution is 2.27. The lowest BCUT2D eigenvalue weighted by molar-refractivity contribution is -0.127. The molecule has 2 heterocycles. The third kappa shape index (κ3) is 5.26. The third-order valence-corrected chi connectivity index (χ3v) is 4.49. The minimum absolute atomic E-state index is 0.0307. The Morgan fingerprint density at radius 1 is 1.24 bits per heavy atom. The molecule has 0 aliphatic carbocycles. The molecule has 0 saturated heterocycles. The topological polar surface area (TPSA) is 88.3 Å². The van der Waals surface area contributed by atoms with E-state index in [1.165, 1.54) is 40.8 Å². The molecule has 2 aromatic heterocycles. The highest BCUT2D eigenvalue weighted by molar-refractivity contribution is 7.03. The standard InChI is InChI=1S/C20H21FN4O3S/c1-20(2,3)22-18(26)17(13-6-8-14(21)9-7-13)25(11-15-5-4-10-28-15)19(27)16-12-29-24-23-16/h4-10,12,17H,11H2,1-3H3,(H,22,26)/t17-/m1/s1. The molecule has 3 rings (SSSR count). The van der Waals surface area contributed by atoms with Crippen LogP contribution in [0.25, 0.3) is 0 Å². The number of hydrogen-bond donors (Lipinski definition) is 1. The molecule has 0 spiro atoms. The van der Waals surface area contributed by atoms with E-state index in [1.807, 2.05) is 20.8 Å². The van der Waals surface area contributed by atoms with E-state index >= 15 is 0 Å². The van der Waals surface area contributed by atoms with Crippen molar-refractivity contribution < 1.29 is 18.4 Å². The van der Waals surface area contributed by atoms with Crippen LogP contribution in [0.3, 0.4) is 0 Å². The van der Waals surface area contributed by atoms with Gasteiger partial charge in [0.2, 0.25) is 5.91 Å². The molecular weight excluding hydrogens is 395 g/mol. The van der Waals surface area contributed by atoms with Crippen molar-refractivity contribution in [2.24, 2.45) is 0 Å². The predicted molar refractivity (Wildman–Crippen MR) is 106 cm³/mol. The SMILES string of the molecule is CC(C)(C)NC(=O)[C@@H](c1ccc(F)cc1)N(Cc1ccco1)C(=O)c1csnn1. The zero-order chi connectivity index (χ0) is 21.0. The molecule has 0 unspecified atom stereocenters. The van der Waals surface area contributed by atoms with Gasteiger partial charge in [0, 0.05) is 10.9 Å². The lowest BCUT2D eigenvalue weighted by atomic mass is 10.0. The smallest absolute Gasteiger partial charge is 0.276 e. The van der Waals surface area contributed by atoms with E-state index in [2.05, 4.69) is 14.9 Å². The second-order valence-corrected chi connectivity index (χ2v) is 8.11. The fourth-order valence-electron chi connectivity index (χ4n) is 2.81. The molecule has 1 aromatic carbocycles. The predicted octanol–water partition coefficient (Wildman–Crippen LogP) is 3.57. The molecule has 0 aliphatic rings. The fourth-order valence-corrected chi connectivity index (χ4v) is 3.24. The van der Waals surface area contributed by atoms with Crippen molar-refractivity contribution in [1.29, 1.82) is 0 Å². The summed E-state index contributed by atoms with van der Waals surface area (Å²) in [5.74, 6) is -0.811. The maximum Gasteiger partial charge on any atom is 0.276 e. The van der Waals surface area contributed by atoms with Gasteiger partial charge in [0.25, 0.3) is 5.91 Å². The third-order valence-electron chi connectivity index (χ3n) is 3.99. The van der Waals surface area contributed by atoms with Crippen molar-refractivity contribution in [1.82, 2.24) is 19.8 Å². The quantitative estimate of drug-likeness (QED) is 0.664. The Bertz CT molecular complexity index is 951. The lowest BCUT2D eigenvalue weighted by Crippen LogP contribution is -2.49. The monoisotopic (exact) mass is 416 g/mol. The van der Waals surface area contributed by atoms with Crippen molar-refractivity contribution in [2.75, 3.05) is 0 Å². The van der Waals surface area contributed by atoms with Gasteiger partial charge < -0.3 is 14.6 Å². The number of carbonyl (C=O) groups is 2. The van der Waals surface area contributed by atoms with E-state index in [9.17, 15) is 14.0 Å². The van der Waals surface area contributed by atoms with E-state index in [0.29, 0.717) is 11.3 Å². The molecular formula is C20H21FN4O3S. The summed E-state index contributed by atoms with van der Waals surface area (Å²) in [6.07, 6.45) is 1.49. The van der Waals surface area contributed by atoms with Crippen LogP contribution in [0.1, 0.15) is 48.6 Å². The maximum atomic E-state index is 13.5. The van der Waals surface area contributed by atoms with Gasteiger partial charge in [-0.25, -0.2) is 4.39 Å². The summed E-state index contributed by atoms with van der Waals surface area (Å²) in [5.41, 5.74) is 0.0604. The number of halogens is 1. The number of aromatic nitrogens is 2. The number of rotatable bonds is 6. The summed E-state index contributed by atoms with van der Waals surface area (Å²) >= 11 is 1.04. The van der Waals surface area contributed by atoms with Gasteiger partial charge in [0.1, 0.15) is 17.6 Å². The fraction of sp³-hybridized carbons (Fsp3) is 0.300. The van der Waals surface area contributed by atoms with Gasteiger partial charge in [-0.15, -0.1) is 5.10 Å². The van der Waals surface area contributed by atoms with Crippen LogP contribution in [-0.4, -0.2) is 31.8 Å². The zero-order valence-corrected chi connectivity index (χ0v) is 17.1. The Kier molecular flexibility index (Phi) is 6.07. The first-order chi connectivity index (χ1) is 13.7. The second kappa shape index (κ2) is 8.52. The van der Waals surface area contributed by atoms with Crippen molar-refractivity contribution >= 4 is 23.3 Å². The molecule has 29 heavy (non-hydrogen) atoms. The van der Waals surface area contributed by atoms with Gasteiger partial charge in [-0.2, -0.15) is 0 Å². The van der Waals surface area contributed by atoms with Crippen LogP contribution >= 0.6 is 11.5 Å². The van der Waals surface area contributed by atoms with Gasteiger partial charge in [-0.05, 0) is 62.1 Å². The molecule has 1 N–H and O–H groups in total. The molecule has 152 valence electrons. The first-order valence-electron chi connectivity index (χ1n) is 8.92. The zero-order valence-electron chi connectivity index (χ0n) is 16.3. The number of carbonyl (C=O) groups excluding carboxylic acids is 2. The summed E-state index contributed by atoms with van der Waals surface area (Å²) < 4.78 is 22.6. The van der Waals surface area contributed by atoms with Crippen LogP contribution in [0.4, 0.5) is 4.39 Å². The normalized spacial score (nSPS) is 12.4. The van der Waals surface area contributed by atoms with Crippen molar-refractivity contribution in [3.8, 4) is 0 Å². The Balaban J connectivity index is 2.06. The van der Waals surface area contributed by atoms with Crippen LogP contribution < -0.4 is 5.32 Å². The van der Waals surface area contributed by atoms with E-state index in [0.717, 1.165) is 11.5 Å². The Morgan fingerprint density at radius 3 is 2.52 bits per heavy atom. The van der Waals surface area contributed by atoms with Crippen LogP contribution in [0.15, 0.2) is 52.5 Å². The number of nitrogens with zero attached hydrogens (tertiary/aromatic N) is 3.